The van der Waals surface area contributed by atoms with Crippen LogP contribution in [0.1, 0.15) is 12.8 Å². The van der Waals surface area contributed by atoms with Gasteiger partial charge in [0.25, 0.3) is 0 Å². The Morgan fingerprint density at radius 3 is 2.88 bits per heavy atom. The fourth-order valence-corrected chi connectivity index (χ4v) is 3.16. The van der Waals surface area contributed by atoms with E-state index >= 15 is 0 Å². The molecule has 0 saturated carbocycles. The Hall–Kier alpha value is -2.83. The molecule has 7 heteroatoms. The number of nitrogens with zero attached hydrogens (tertiary/aromatic N) is 3. The molecule has 3 amide bonds. The average molecular weight is 341 g/mol. The molecule has 1 saturated heterocycles. The van der Waals surface area contributed by atoms with E-state index in [1.807, 2.05) is 42.1 Å². The molecule has 1 aliphatic rings. The summed E-state index contributed by atoms with van der Waals surface area (Å²) >= 11 is 0. The van der Waals surface area contributed by atoms with Crippen molar-refractivity contribution in [2.45, 2.75) is 12.8 Å². The van der Waals surface area contributed by atoms with Crippen molar-refractivity contribution in [3.63, 3.8) is 0 Å². The van der Waals surface area contributed by atoms with Gasteiger partial charge in [-0.25, -0.2) is 9.78 Å². The molecule has 3 rings (SSSR count). The summed E-state index contributed by atoms with van der Waals surface area (Å²) in [5.74, 6) is 0.700. The maximum absolute atomic E-state index is 12.6. The third-order valence-corrected chi connectivity index (χ3v) is 4.52. The van der Waals surface area contributed by atoms with Crippen molar-refractivity contribution in [3.8, 4) is 11.4 Å². The average Bonchev–Trinajstić information content (AvgIpc) is 3.07. The van der Waals surface area contributed by atoms with Crippen LogP contribution >= 0.6 is 0 Å². The molecule has 1 aliphatic heterocycles. The first-order chi connectivity index (χ1) is 12.1. The second-order valence-electron chi connectivity index (χ2n) is 6.27. The lowest BCUT2D eigenvalue weighted by molar-refractivity contribution is -0.125. The van der Waals surface area contributed by atoms with Crippen molar-refractivity contribution in [1.82, 2.24) is 19.8 Å². The number of hydrogen-bond donors (Lipinski definition) is 2. The van der Waals surface area contributed by atoms with Crippen LogP contribution in [0.4, 0.5) is 10.5 Å². The number of aromatic nitrogens is 2. The first-order valence-corrected chi connectivity index (χ1v) is 8.44. The van der Waals surface area contributed by atoms with E-state index < -0.39 is 0 Å². The number of likely N-dealkylation sites (tertiary alicyclic amines) is 1. The van der Waals surface area contributed by atoms with Gasteiger partial charge in [-0.15, -0.1) is 0 Å². The quantitative estimate of drug-likeness (QED) is 0.897. The maximum Gasteiger partial charge on any atom is 0.321 e. The largest absolute Gasteiger partial charge is 0.359 e. The molecule has 2 N–H and O–H groups in total. The van der Waals surface area contributed by atoms with Gasteiger partial charge in [-0.3, -0.25) is 4.79 Å². The Kier molecular flexibility index (Phi) is 5.02. The van der Waals surface area contributed by atoms with Crippen molar-refractivity contribution < 1.29 is 9.59 Å². The summed E-state index contributed by atoms with van der Waals surface area (Å²) in [5, 5.41) is 5.59. The minimum Gasteiger partial charge on any atom is -0.359 e. The molecule has 1 atom stereocenters. The number of carbonyl (C=O) groups excluding carboxylic acids is 2. The van der Waals surface area contributed by atoms with Crippen LogP contribution in [0.15, 0.2) is 36.7 Å². The zero-order valence-corrected chi connectivity index (χ0v) is 14.5. The lowest BCUT2D eigenvalue weighted by Gasteiger charge is -2.31. The number of carbonyl (C=O) groups is 2. The number of benzene rings is 1. The van der Waals surface area contributed by atoms with Gasteiger partial charge in [-0.2, -0.15) is 0 Å². The zero-order chi connectivity index (χ0) is 17.8. The van der Waals surface area contributed by atoms with Gasteiger partial charge in [0.2, 0.25) is 5.91 Å². The maximum atomic E-state index is 12.6. The molecule has 0 bridgehead atoms. The monoisotopic (exact) mass is 341 g/mol. The van der Waals surface area contributed by atoms with E-state index in [9.17, 15) is 9.59 Å². The van der Waals surface area contributed by atoms with E-state index in [4.69, 9.17) is 0 Å². The molecule has 0 spiro atoms. The van der Waals surface area contributed by atoms with Crippen LogP contribution in [-0.4, -0.2) is 46.5 Å². The fraction of sp³-hybridized carbons (Fsp3) is 0.389. The third kappa shape index (κ3) is 3.81. The molecule has 0 aliphatic carbocycles. The molecule has 2 heterocycles. The summed E-state index contributed by atoms with van der Waals surface area (Å²) in [5.41, 5.74) is 1.65. The summed E-state index contributed by atoms with van der Waals surface area (Å²) < 4.78 is 1.93. The molecule has 25 heavy (non-hydrogen) atoms. The summed E-state index contributed by atoms with van der Waals surface area (Å²) in [7, 11) is 3.56. The van der Waals surface area contributed by atoms with Crippen LogP contribution in [0.25, 0.3) is 11.4 Å². The van der Waals surface area contributed by atoms with E-state index in [1.165, 1.54) is 0 Å². The first-order valence-electron chi connectivity index (χ1n) is 8.44. The Labute approximate surface area is 147 Å². The van der Waals surface area contributed by atoms with E-state index in [0.29, 0.717) is 18.8 Å². The third-order valence-electron chi connectivity index (χ3n) is 4.52. The van der Waals surface area contributed by atoms with E-state index in [1.54, 1.807) is 18.1 Å². The van der Waals surface area contributed by atoms with Crippen LogP contribution in [0.2, 0.25) is 0 Å². The van der Waals surface area contributed by atoms with Crippen LogP contribution in [0, 0.1) is 5.92 Å². The Morgan fingerprint density at radius 2 is 2.16 bits per heavy atom. The predicted octanol–water partition coefficient (Wildman–Crippen LogP) is 2.08. The van der Waals surface area contributed by atoms with Crippen molar-refractivity contribution in [2.75, 3.05) is 25.5 Å². The SMILES string of the molecule is CNC(=O)[C@H]1CCCN(C(=O)Nc2cccc(-c3nccn3C)c2)C1. The summed E-state index contributed by atoms with van der Waals surface area (Å²) in [6.07, 6.45) is 5.28. The number of aryl methyl sites for hydroxylation is 1. The molecule has 1 aromatic heterocycles. The summed E-state index contributed by atoms with van der Waals surface area (Å²) in [6.45, 7) is 1.11. The molecule has 1 fully saturated rings. The van der Waals surface area contributed by atoms with Crippen molar-refractivity contribution in [3.05, 3.63) is 36.7 Å². The second-order valence-corrected chi connectivity index (χ2v) is 6.27. The van der Waals surface area contributed by atoms with Gasteiger partial charge in [0, 0.05) is 50.8 Å². The number of anilines is 1. The van der Waals surface area contributed by atoms with Gasteiger partial charge in [-0.05, 0) is 25.0 Å². The van der Waals surface area contributed by atoms with Gasteiger partial charge in [0.1, 0.15) is 5.82 Å². The molecular formula is C18H23N5O2. The van der Waals surface area contributed by atoms with Crippen LogP contribution in [0.5, 0.6) is 0 Å². The number of amides is 3. The van der Waals surface area contributed by atoms with Gasteiger partial charge in [0.15, 0.2) is 0 Å². The highest BCUT2D eigenvalue weighted by Crippen LogP contribution is 2.22. The number of nitrogens with one attached hydrogen (secondary N) is 2. The smallest absolute Gasteiger partial charge is 0.321 e. The number of hydrogen-bond acceptors (Lipinski definition) is 3. The van der Waals surface area contributed by atoms with Crippen molar-refractivity contribution in [2.24, 2.45) is 13.0 Å². The summed E-state index contributed by atoms with van der Waals surface area (Å²) in [4.78, 5) is 30.4. The number of imidazole rings is 1. The zero-order valence-electron chi connectivity index (χ0n) is 14.5. The molecule has 1 aromatic carbocycles. The number of rotatable bonds is 3. The highest BCUT2D eigenvalue weighted by Gasteiger charge is 2.27. The molecular weight excluding hydrogens is 318 g/mol. The van der Waals surface area contributed by atoms with E-state index in [2.05, 4.69) is 15.6 Å². The van der Waals surface area contributed by atoms with Gasteiger partial charge in [0.05, 0.1) is 5.92 Å². The summed E-state index contributed by atoms with van der Waals surface area (Å²) in [6, 6.07) is 7.43. The van der Waals surface area contributed by atoms with Crippen LogP contribution in [-0.2, 0) is 11.8 Å². The Bertz CT molecular complexity index is 770. The van der Waals surface area contributed by atoms with E-state index in [-0.39, 0.29) is 17.9 Å². The standard InChI is InChI=1S/C18H23N5O2/c1-19-17(24)14-6-4-9-23(12-14)18(25)21-15-7-3-5-13(11-15)16-20-8-10-22(16)2/h3,5,7-8,10-11,14H,4,6,9,12H2,1-2H3,(H,19,24)(H,21,25)/t14-/m0/s1. The van der Waals surface area contributed by atoms with Crippen molar-refractivity contribution >= 4 is 17.6 Å². The molecule has 0 radical (unpaired) electrons. The molecule has 7 nitrogen and oxygen atoms in total. The first kappa shape index (κ1) is 17.0. The van der Waals surface area contributed by atoms with Crippen LogP contribution in [0.3, 0.4) is 0 Å². The van der Waals surface area contributed by atoms with Crippen LogP contribution < -0.4 is 10.6 Å². The molecule has 132 valence electrons. The topological polar surface area (TPSA) is 79.3 Å². The number of piperidine rings is 1. The minimum atomic E-state index is -0.175. The minimum absolute atomic E-state index is 0.00530. The normalized spacial score (nSPS) is 17.2. The predicted molar refractivity (Wildman–Crippen MR) is 96.0 cm³/mol. The van der Waals surface area contributed by atoms with Gasteiger partial charge in [-0.1, -0.05) is 12.1 Å². The van der Waals surface area contributed by atoms with E-state index in [0.717, 1.165) is 24.2 Å². The Morgan fingerprint density at radius 1 is 1.32 bits per heavy atom. The lowest BCUT2D eigenvalue weighted by atomic mass is 9.97. The van der Waals surface area contributed by atoms with Gasteiger partial charge < -0.3 is 20.1 Å². The van der Waals surface area contributed by atoms with Crippen molar-refractivity contribution in [1.29, 1.82) is 0 Å². The molecule has 0 unspecified atom stereocenters. The fourth-order valence-electron chi connectivity index (χ4n) is 3.16. The Balaban J connectivity index is 1.69. The number of urea groups is 1. The second kappa shape index (κ2) is 7.38. The molecule has 2 aromatic rings. The lowest BCUT2D eigenvalue weighted by Crippen LogP contribution is -2.46. The highest BCUT2D eigenvalue weighted by molar-refractivity contribution is 5.90. The highest BCUT2D eigenvalue weighted by atomic mass is 16.2. The van der Waals surface area contributed by atoms with Gasteiger partial charge >= 0.3 is 6.03 Å².